The topological polar surface area (TPSA) is 84.2 Å². The summed E-state index contributed by atoms with van der Waals surface area (Å²) >= 11 is 1.58. The number of benzene rings is 2. The first-order valence-electron chi connectivity index (χ1n) is 10.8. The van der Waals surface area contributed by atoms with Gasteiger partial charge >= 0.3 is 12.1 Å². The van der Waals surface area contributed by atoms with Crippen LogP contribution in [0, 0.1) is 0 Å². The van der Waals surface area contributed by atoms with E-state index in [1.807, 2.05) is 11.9 Å². The summed E-state index contributed by atoms with van der Waals surface area (Å²) in [6.45, 7) is 7.36. The van der Waals surface area contributed by atoms with Crippen molar-refractivity contribution in [1.82, 2.24) is 20.4 Å². The minimum Gasteiger partial charge on any atom is -0.350 e. The summed E-state index contributed by atoms with van der Waals surface area (Å²) in [5.41, 5.74) is 2.72. The molecule has 0 saturated heterocycles. The summed E-state index contributed by atoms with van der Waals surface area (Å²) in [7, 11) is 1.91. The zero-order valence-electron chi connectivity index (χ0n) is 19.6. The molecule has 0 spiro atoms. The number of alkyl halides is 3. The maximum Gasteiger partial charge on any atom is 0.471 e. The largest absolute Gasteiger partial charge is 0.471 e. The third-order valence-electron chi connectivity index (χ3n) is 5.35. The highest BCUT2D eigenvalue weighted by Crippen LogP contribution is 2.32. The molecule has 7 nitrogen and oxygen atoms in total. The number of likely N-dealkylation sites (N-methyl/N-ethyl adjacent to an activating group) is 1. The molecule has 2 aromatic carbocycles. The van der Waals surface area contributed by atoms with Gasteiger partial charge in [-0.2, -0.15) is 18.2 Å². The molecule has 0 radical (unpaired) electrons. The monoisotopic (exact) mass is 503 g/mol. The number of thiazole rings is 1. The molecular formula is C24H24F3N5O2S. The van der Waals surface area contributed by atoms with Gasteiger partial charge in [-0.25, -0.2) is 4.98 Å². The van der Waals surface area contributed by atoms with E-state index in [9.17, 15) is 18.0 Å². The number of fused-ring (bicyclic) bond motifs is 1. The first-order chi connectivity index (χ1) is 16.4. The van der Waals surface area contributed by atoms with E-state index in [4.69, 9.17) is 4.98 Å². The lowest BCUT2D eigenvalue weighted by Gasteiger charge is -2.18. The summed E-state index contributed by atoms with van der Waals surface area (Å²) in [6, 6.07) is 12.4. The number of carbonyl (C=O) groups is 1. The van der Waals surface area contributed by atoms with E-state index < -0.39 is 12.1 Å². The lowest BCUT2D eigenvalue weighted by atomic mass is 9.87. The van der Waals surface area contributed by atoms with Gasteiger partial charge in [-0.05, 0) is 35.2 Å². The SMILES string of the molecule is CN(CCNC(=O)c1cccc(-c2noc(C(F)(F)F)n2)c1)c1nc2cc(C(C)(C)C)ccc2s1. The fraction of sp³-hybridized carbons (Fsp3) is 0.333. The van der Waals surface area contributed by atoms with E-state index in [0.717, 1.165) is 15.3 Å². The van der Waals surface area contributed by atoms with E-state index in [1.165, 1.54) is 17.7 Å². The molecule has 0 atom stereocenters. The van der Waals surface area contributed by atoms with Crippen molar-refractivity contribution >= 4 is 32.6 Å². The van der Waals surface area contributed by atoms with Crippen LogP contribution in [0.5, 0.6) is 0 Å². The van der Waals surface area contributed by atoms with Crippen molar-refractivity contribution in [3.8, 4) is 11.4 Å². The van der Waals surface area contributed by atoms with E-state index in [0.29, 0.717) is 13.1 Å². The summed E-state index contributed by atoms with van der Waals surface area (Å²) in [5.74, 6) is -2.04. The van der Waals surface area contributed by atoms with Crippen molar-refractivity contribution in [2.24, 2.45) is 0 Å². The molecule has 11 heteroatoms. The molecule has 4 aromatic rings. The molecule has 35 heavy (non-hydrogen) atoms. The Balaban J connectivity index is 1.38. The lowest BCUT2D eigenvalue weighted by molar-refractivity contribution is -0.159. The average molecular weight is 504 g/mol. The summed E-state index contributed by atoms with van der Waals surface area (Å²) in [6.07, 6.45) is -4.73. The molecule has 184 valence electrons. The second-order valence-corrected chi connectivity index (χ2v) is 10.1. The molecule has 1 amide bonds. The standard InChI is InChI=1S/C24H24F3N5O2S/c1-23(2,3)16-8-9-18-17(13-16)29-22(35-18)32(4)11-10-28-20(33)15-7-5-6-14(12-15)19-30-21(34-31-19)24(25,26)27/h5-9,12-13H,10-11H2,1-4H3,(H,28,33). The Hall–Kier alpha value is -3.47. The smallest absolute Gasteiger partial charge is 0.350 e. The second-order valence-electron chi connectivity index (χ2n) is 9.11. The normalized spacial score (nSPS) is 12.2. The zero-order chi connectivity index (χ0) is 25.4. The van der Waals surface area contributed by atoms with Crippen molar-refractivity contribution in [3.63, 3.8) is 0 Å². The van der Waals surface area contributed by atoms with Gasteiger partial charge < -0.3 is 14.7 Å². The van der Waals surface area contributed by atoms with Crippen LogP contribution in [0.2, 0.25) is 0 Å². The van der Waals surface area contributed by atoms with E-state index in [1.54, 1.807) is 23.5 Å². The van der Waals surface area contributed by atoms with Gasteiger partial charge in [0.05, 0.1) is 10.2 Å². The van der Waals surface area contributed by atoms with Gasteiger partial charge in [0.25, 0.3) is 5.91 Å². The van der Waals surface area contributed by atoms with Crippen molar-refractivity contribution in [3.05, 3.63) is 59.5 Å². The number of nitrogens with zero attached hydrogens (tertiary/aromatic N) is 4. The fourth-order valence-electron chi connectivity index (χ4n) is 3.34. The van der Waals surface area contributed by atoms with Gasteiger partial charge in [-0.3, -0.25) is 4.79 Å². The molecule has 0 aliphatic carbocycles. The highest BCUT2D eigenvalue weighted by molar-refractivity contribution is 7.22. The predicted molar refractivity (Wildman–Crippen MR) is 129 cm³/mol. The number of hydrogen-bond acceptors (Lipinski definition) is 7. The van der Waals surface area contributed by atoms with E-state index >= 15 is 0 Å². The maximum absolute atomic E-state index is 12.7. The van der Waals surface area contributed by atoms with Gasteiger partial charge in [0, 0.05) is 31.3 Å². The first-order valence-corrected chi connectivity index (χ1v) is 11.7. The number of amides is 1. The summed E-state index contributed by atoms with van der Waals surface area (Å²) in [5, 5.41) is 7.03. The van der Waals surface area contributed by atoms with Crippen LogP contribution in [0.25, 0.3) is 21.6 Å². The van der Waals surface area contributed by atoms with Crippen molar-refractivity contribution in [2.75, 3.05) is 25.0 Å². The number of anilines is 1. The Morgan fingerprint density at radius 1 is 1.11 bits per heavy atom. The van der Waals surface area contributed by atoms with Crippen molar-refractivity contribution in [2.45, 2.75) is 32.4 Å². The fourth-order valence-corrected chi connectivity index (χ4v) is 4.27. The molecule has 2 heterocycles. The number of rotatable bonds is 6. The maximum atomic E-state index is 12.7. The van der Waals surface area contributed by atoms with Crippen LogP contribution < -0.4 is 10.2 Å². The molecule has 0 bridgehead atoms. The van der Waals surface area contributed by atoms with Crippen LogP contribution in [0.1, 0.15) is 42.6 Å². The van der Waals surface area contributed by atoms with Crippen LogP contribution in [0.15, 0.2) is 47.0 Å². The van der Waals surface area contributed by atoms with E-state index in [-0.39, 0.29) is 28.3 Å². The lowest BCUT2D eigenvalue weighted by Crippen LogP contribution is -2.32. The summed E-state index contributed by atoms with van der Waals surface area (Å²) in [4.78, 5) is 22.7. The highest BCUT2D eigenvalue weighted by Gasteiger charge is 2.38. The first kappa shape index (κ1) is 24.6. The van der Waals surface area contributed by atoms with Gasteiger partial charge in [-0.15, -0.1) is 0 Å². The van der Waals surface area contributed by atoms with Crippen LogP contribution >= 0.6 is 11.3 Å². The van der Waals surface area contributed by atoms with E-state index in [2.05, 4.69) is 59.0 Å². The second kappa shape index (κ2) is 9.29. The van der Waals surface area contributed by atoms with Crippen LogP contribution in [-0.2, 0) is 11.6 Å². The molecule has 2 aromatic heterocycles. The van der Waals surface area contributed by atoms with Gasteiger partial charge in [0.2, 0.25) is 5.82 Å². The number of carbonyl (C=O) groups excluding carboxylic acids is 1. The summed E-state index contributed by atoms with van der Waals surface area (Å²) < 4.78 is 43.5. The molecule has 0 aliphatic heterocycles. The van der Waals surface area contributed by atoms with Crippen LogP contribution in [0.3, 0.4) is 0 Å². The molecule has 0 saturated carbocycles. The predicted octanol–water partition coefficient (Wildman–Crippen LogP) is 5.53. The molecule has 0 aliphatic rings. The Bertz CT molecular complexity index is 1360. The minimum atomic E-state index is -4.73. The minimum absolute atomic E-state index is 0.0375. The Kier molecular flexibility index (Phi) is 6.54. The highest BCUT2D eigenvalue weighted by atomic mass is 32.1. The van der Waals surface area contributed by atoms with Gasteiger partial charge in [0.1, 0.15) is 0 Å². The molecule has 1 N–H and O–H groups in total. The quantitative estimate of drug-likeness (QED) is 0.373. The molecular weight excluding hydrogens is 479 g/mol. The Labute approximate surface area is 204 Å². The van der Waals surface area contributed by atoms with Gasteiger partial charge in [0.15, 0.2) is 5.13 Å². The van der Waals surface area contributed by atoms with Crippen LogP contribution in [-0.4, -0.2) is 41.2 Å². The van der Waals surface area contributed by atoms with Gasteiger partial charge in [-0.1, -0.05) is 55.5 Å². The number of aromatic nitrogens is 3. The number of halogens is 3. The third-order valence-corrected chi connectivity index (χ3v) is 6.50. The number of hydrogen-bond donors (Lipinski definition) is 1. The van der Waals surface area contributed by atoms with Crippen molar-refractivity contribution in [1.29, 1.82) is 0 Å². The average Bonchev–Trinajstić information content (AvgIpc) is 3.45. The molecule has 4 rings (SSSR count). The van der Waals surface area contributed by atoms with Crippen molar-refractivity contribution < 1.29 is 22.5 Å². The Morgan fingerprint density at radius 3 is 2.57 bits per heavy atom. The molecule has 0 fully saturated rings. The Morgan fingerprint density at radius 2 is 1.89 bits per heavy atom. The third kappa shape index (κ3) is 5.61. The number of nitrogens with one attached hydrogen (secondary N) is 1. The van der Waals surface area contributed by atoms with Crippen LogP contribution in [0.4, 0.5) is 18.3 Å². The molecule has 0 unspecified atom stereocenters. The zero-order valence-corrected chi connectivity index (χ0v) is 20.4.